The van der Waals surface area contributed by atoms with Gasteiger partial charge in [-0.15, -0.1) is 0 Å². The number of nitrogens with one attached hydrogen (secondary N) is 1. The Morgan fingerprint density at radius 2 is 2.21 bits per heavy atom. The van der Waals surface area contributed by atoms with Gasteiger partial charge in [-0.05, 0) is 36.6 Å². The molecule has 0 saturated carbocycles. The lowest BCUT2D eigenvalue weighted by atomic mass is 10.1. The number of nitrogens with zero attached hydrogens (tertiary/aromatic N) is 1. The van der Waals surface area contributed by atoms with Crippen molar-refractivity contribution in [2.75, 3.05) is 23.8 Å². The summed E-state index contributed by atoms with van der Waals surface area (Å²) in [7, 11) is 1.85. The number of benzene rings is 1. The number of carboxylic acid groups (broad SMARTS) is 1. The molecule has 1 heterocycles. The van der Waals surface area contributed by atoms with Crippen molar-refractivity contribution in [3.8, 4) is 0 Å². The molecule has 0 aliphatic carbocycles. The molecule has 19 heavy (non-hydrogen) atoms. The third-order valence-electron chi connectivity index (χ3n) is 3.32. The summed E-state index contributed by atoms with van der Waals surface area (Å²) in [5, 5.41) is 11.6. The Hall–Kier alpha value is -2.04. The van der Waals surface area contributed by atoms with Gasteiger partial charge in [0.2, 0.25) is 5.91 Å². The SMILES string of the molecule is CNc1ccc2c(c1)CC(=O)N2CCCCC(=O)O. The maximum Gasteiger partial charge on any atom is 0.303 e. The van der Waals surface area contributed by atoms with Crippen LogP contribution in [0.25, 0.3) is 0 Å². The Morgan fingerprint density at radius 1 is 1.42 bits per heavy atom. The van der Waals surface area contributed by atoms with Crippen LogP contribution < -0.4 is 10.2 Å². The summed E-state index contributed by atoms with van der Waals surface area (Å²) in [6, 6.07) is 5.88. The topological polar surface area (TPSA) is 69.6 Å². The molecular formula is C14H18N2O3. The highest BCUT2D eigenvalue weighted by molar-refractivity contribution is 6.01. The molecule has 0 aromatic heterocycles. The predicted molar refractivity (Wildman–Crippen MR) is 73.5 cm³/mol. The fourth-order valence-corrected chi connectivity index (χ4v) is 2.33. The molecule has 0 unspecified atom stereocenters. The molecule has 1 aliphatic rings. The van der Waals surface area contributed by atoms with Crippen LogP contribution in [0.2, 0.25) is 0 Å². The molecule has 0 fully saturated rings. The van der Waals surface area contributed by atoms with Crippen LogP contribution in [0.15, 0.2) is 18.2 Å². The number of fused-ring (bicyclic) bond motifs is 1. The minimum Gasteiger partial charge on any atom is -0.481 e. The van der Waals surface area contributed by atoms with E-state index >= 15 is 0 Å². The summed E-state index contributed by atoms with van der Waals surface area (Å²) < 4.78 is 0. The number of aliphatic carboxylic acids is 1. The average Bonchev–Trinajstić information content (AvgIpc) is 2.69. The zero-order valence-corrected chi connectivity index (χ0v) is 11.0. The Balaban J connectivity index is 2.00. The van der Waals surface area contributed by atoms with Gasteiger partial charge in [-0.25, -0.2) is 0 Å². The van der Waals surface area contributed by atoms with E-state index in [2.05, 4.69) is 5.32 Å². The molecular weight excluding hydrogens is 244 g/mol. The molecule has 102 valence electrons. The number of carboxylic acids is 1. The van der Waals surface area contributed by atoms with Crippen LogP contribution in [0.4, 0.5) is 11.4 Å². The molecule has 5 heteroatoms. The van der Waals surface area contributed by atoms with Gasteiger partial charge in [-0.1, -0.05) is 0 Å². The molecule has 0 spiro atoms. The molecule has 1 aromatic carbocycles. The second-order valence-corrected chi connectivity index (χ2v) is 4.67. The van der Waals surface area contributed by atoms with Gasteiger partial charge in [0.15, 0.2) is 0 Å². The number of unbranched alkanes of at least 4 members (excludes halogenated alkanes) is 1. The van der Waals surface area contributed by atoms with E-state index in [1.165, 1.54) is 0 Å². The summed E-state index contributed by atoms with van der Waals surface area (Å²) in [6.45, 7) is 0.595. The molecule has 0 saturated heterocycles. The summed E-state index contributed by atoms with van der Waals surface area (Å²) in [6.07, 6.45) is 1.91. The number of amides is 1. The highest BCUT2D eigenvalue weighted by atomic mass is 16.4. The third kappa shape index (κ3) is 3.05. The number of carbonyl (C=O) groups excluding carboxylic acids is 1. The lowest BCUT2D eigenvalue weighted by Crippen LogP contribution is -2.27. The van der Waals surface area contributed by atoms with Crippen molar-refractivity contribution < 1.29 is 14.7 Å². The van der Waals surface area contributed by atoms with E-state index in [1.807, 2.05) is 25.2 Å². The van der Waals surface area contributed by atoms with Crippen LogP contribution in [-0.2, 0) is 16.0 Å². The summed E-state index contributed by atoms with van der Waals surface area (Å²) >= 11 is 0. The fourth-order valence-electron chi connectivity index (χ4n) is 2.33. The first-order chi connectivity index (χ1) is 9.11. The van der Waals surface area contributed by atoms with Gasteiger partial charge in [-0.2, -0.15) is 0 Å². The summed E-state index contributed by atoms with van der Waals surface area (Å²) in [5.41, 5.74) is 2.99. The summed E-state index contributed by atoms with van der Waals surface area (Å²) in [5.74, 6) is -0.689. The van der Waals surface area contributed by atoms with Gasteiger partial charge in [-0.3, -0.25) is 9.59 Å². The molecule has 2 N–H and O–H groups in total. The van der Waals surface area contributed by atoms with Crippen LogP contribution in [0.1, 0.15) is 24.8 Å². The minimum absolute atomic E-state index is 0.0959. The fraction of sp³-hybridized carbons (Fsp3) is 0.429. The molecule has 1 aromatic rings. The number of anilines is 2. The largest absolute Gasteiger partial charge is 0.481 e. The van der Waals surface area contributed by atoms with E-state index in [-0.39, 0.29) is 12.3 Å². The predicted octanol–water partition coefficient (Wildman–Crippen LogP) is 1.87. The van der Waals surface area contributed by atoms with E-state index < -0.39 is 5.97 Å². The van der Waals surface area contributed by atoms with Crippen molar-refractivity contribution in [2.45, 2.75) is 25.7 Å². The van der Waals surface area contributed by atoms with Crippen molar-refractivity contribution in [1.82, 2.24) is 0 Å². The van der Waals surface area contributed by atoms with Crippen molar-refractivity contribution in [3.05, 3.63) is 23.8 Å². The zero-order chi connectivity index (χ0) is 13.8. The smallest absolute Gasteiger partial charge is 0.303 e. The van der Waals surface area contributed by atoms with E-state index in [1.54, 1.807) is 4.90 Å². The first-order valence-corrected chi connectivity index (χ1v) is 6.44. The Labute approximate surface area is 112 Å². The average molecular weight is 262 g/mol. The second kappa shape index (κ2) is 5.73. The lowest BCUT2D eigenvalue weighted by molar-refractivity contribution is -0.137. The molecule has 1 amide bonds. The van der Waals surface area contributed by atoms with Gasteiger partial charge in [0.05, 0.1) is 6.42 Å². The molecule has 2 rings (SSSR count). The quantitative estimate of drug-likeness (QED) is 0.768. The van der Waals surface area contributed by atoms with Gasteiger partial charge in [0.1, 0.15) is 0 Å². The van der Waals surface area contributed by atoms with Crippen LogP contribution >= 0.6 is 0 Å². The Morgan fingerprint density at radius 3 is 2.89 bits per heavy atom. The monoisotopic (exact) mass is 262 g/mol. The van der Waals surface area contributed by atoms with Gasteiger partial charge < -0.3 is 15.3 Å². The van der Waals surface area contributed by atoms with Crippen LogP contribution in [-0.4, -0.2) is 30.6 Å². The first kappa shape index (κ1) is 13.4. The third-order valence-corrected chi connectivity index (χ3v) is 3.32. The Kier molecular flexibility index (Phi) is 4.04. The van der Waals surface area contributed by atoms with Crippen molar-refractivity contribution in [3.63, 3.8) is 0 Å². The van der Waals surface area contributed by atoms with Gasteiger partial charge in [0, 0.05) is 31.4 Å². The van der Waals surface area contributed by atoms with Crippen LogP contribution in [0.3, 0.4) is 0 Å². The van der Waals surface area contributed by atoms with Crippen molar-refractivity contribution in [1.29, 1.82) is 0 Å². The van der Waals surface area contributed by atoms with Crippen LogP contribution in [0, 0.1) is 0 Å². The van der Waals surface area contributed by atoms with Crippen molar-refractivity contribution in [2.24, 2.45) is 0 Å². The number of carbonyl (C=O) groups is 2. The van der Waals surface area contributed by atoms with E-state index in [4.69, 9.17) is 5.11 Å². The summed E-state index contributed by atoms with van der Waals surface area (Å²) in [4.78, 5) is 24.1. The van der Waals surface area contributed by atoms with E-state index in [9.17, 15) is 9.59 Å². The van der Waals surface area contributed by atoms with Crippen LogP contribution in [0.5, 0.6) is 0 Å². The van der Waals surface area contributed by atoms with E-state index in [0.29, 0.717) is 25.8 Å². The molecule has 0 bridgehead atoms. The normalized spacial score (nSPS) is 13.5. The van der Waals surface area contributed by atoms with Gasteiger partial charge in [0.25, 0.3) is 0 Å². The zero-order valence-electron chi connectivity index (χ0n) is 11.0. The van der Waals surface area contributed by atoms with Crippen molar-refractivity contribution >= 4 is 23.3 Å². The number of hydrogen-bond acceptors (Lipinski definition) is 3. The van der Waals surface area contributed by atoms with E-state index in [0.717, 1.165) is 16.9 Å². The minimum atomic E-state index is -0.785. The highest BCUT2D eigenvalue weighted by Crippen LogP contribution is 2.31. The molecule has 0 atom stereocenters. The van der Waals surface area contributed by atoms with Gasteiger partial charge >= 0.3 is 5.97 Å². The number of rotatable bonds is 6. The number of hydrogen-bond donors (Lipinski definition) is 2. The molecule has 0 radical (unpaired) electrons. The Bertz CT molecular complexity index is 499. The molecule has 1 aliphatic heterocycles. The maximum absolute atomic E-state index is 11.9. The first-order valence-electron chi connectivity index (χ1n) is 6.44. The lowest BCUT2D eigenvalue weighted by Gasteiger charge is -2.17. The molecule has 5 nitrogen and oxygen atoms in total. The second-order valence-electron chi connectivity index (χ2n) is 4.67. The highest BCUT2D eigenvalue weighted by Gasteiger charge is 2.26. The maximum atomic E-state index is 11.9. The standard InChI is InChI=1S/C14H18N2O3/c1-15-11-5-6-12-10(8-11)9-13(17)16(12)7-3-2-4-14(18)19/h5-6,8,15H,2-4,7,9H2,1H3,(H,18,19).